The van der Waals surface area contributed by atoms with E-state index in [1.54, 1.807) is 24.6 Å². The van der Waals surface area contributed by atoms with E-state index in [1.807, 2.05) is 0 Å². The average molecular weight is 303 g/mol. The third-order valence-electron chi connectivity index (χ3n) is 2.77. The molecule has 3 N–H and O–H groups in total. The van der Waals surface area contributed by atoms with Crippen LogP contribution in [-0.4, -0.2) is 17.4 Å². The molecule has 21 heavy (non-hydrogen) atoms. The van der Waals surface area contributed by atoms with Gasteiger partial charge in [0.15, 0.2) is 0 Å². The third-order valence-corrected chi connectivity index (χ3v) is 3.70. The van der Waals surface area contributed by atoms with Gasteiger partial charge in [0.2, 0.25) is 0 Å². The van der Waals surface area contributed by atoms with Gasteiger partial charge in [0, 0.05) is 17.7 Å². The van der Waals surface area contributed by atoms with E-state index < -0.39 is 0 Å². The molecule has 0 aliphatic rings. The van der Waals surface area contributed by atoms with Crippen LogP contribution < -0.4 is 11.1 Å². The SMILES string of the molecule is Cc1ncsc1C(=O)NCc1cc(C#CCN)ccc1F. The topological polar surface area (TPSA) is 68.0 Å². The van der Waals surface area contributed by atoms with Gasteiger partial charge in [0.25, 0.3) is 5.91 Å². The second kappa shape index (κ2) is 6.97. The number of aryl methyl sites for hydroxylation is 1. The number of nitrogens with one attached hydrogen (secondary N) is 1. The Morgan fingerprint density at radius 2 is 2.33 bits per heavy atom. The zero-order chi connectivity index (χ0) is 15.2. The molecular formula is C15H14FN3OS. The maximum absolute atomic E-state index is 13.7. The van der Waals surface area contributed by atoms with Crippen LogP contribution in [0.15, 0.2) is 23.7 Å². The predicted octanol–water partition coefficient (Wildman–Crippen LogP) is 1.83. The summed E-state index contributed by atoms with van der Waals surface area (Å²) in [4.78, 5) is 16.5. The first-order valence-corrected chi connectivity index (χ1v) is 7.15. The van der Waals surface area contributed by atoms with Gasteiger partial charge in [-0.1, -0.05) is 11.8 Å². The fourth-order valence-electron chi connectivity index (χ4n) is 1.72. The van der Waals surface area contributed by atoms with Gasteiger partial charge >= 0.3 is 0 Å². The molecule has 0 aliphatic carbocycles. The van der Waals surface area contributed by atoms with E-state index in [4.69, 9.17) is 5.73 Å². The van der Waals surface area contributed by atoms with Crippen molar-refractivity contribution in [2.45, 2.75) is 13.5 Å². The molecule has 0 saturated heterocycles. The maximum atomic E-state index is 13.7. The molecule has 1 aromatic carbocycles. The van der Waals surface area contributed by atoms with Gasteiger partial charge in [-0.25, -0.2) is 9.37 Å². The first-order chi connectivity index (χ1) is 10.1. The first-order valence-electron chi connectivity index (χ1n) is 6.27. The number of amides is 1. The molecule has 1 amide bonds. The Bertz CT molecular complexity index is 715. The van der Waals surface area contributed by atoms with Gasteiger partial charge in [-0.2, -0.15) is 0 Å². The summed E-state index contributed by atoms with van der Waals surface area (Å²) in [5.41, 5.74) is 8.62. The summed E-state index contributed by atoms with van der Waals surface area (Å²) in [6.07, 6.45) is 0. The average Bonchev–Trinajstić information content (AvgIpc) is 2.91. The molecular weight excluding hydrogens is 289 g/mol. The van der Waals surface area contributed by atoms with Gasteiger partial charge in [-0.15, -0.1) is 11.3 Å². The lowest BCUT2D eigenvalue weighted by molar-refractivity contribution is 0.0954. The first kappa shape index (κ1) is 15.2. The molecule has 0 atom stereocenters. The van der Waals surface area contributed by atoms with Crippen LogP contribution in [0, 0.1) is 24.6 Å². The van der Waals surface area contributed by atoms with Gasteiger partial charge in [0.05, 0.1) is 17.7 Å². The minimum absolute atomic E-state index is 0.0974. The van der Waals surface area contributed by atoms with Crippen molar-refractivity contribution in [3.63, 3.8) is 0 Å². The van der Waals surface area contributed by atoms with E-state index >= 15 is 0 Å². The van der Waals surface area contributed by atoms with Crippen molar-refractivity contribution in [3.8, 4) is 11.8 Å². The summed E-state index contributed by atoms with van der Waals surface area (Å²) in [6, 6.07) is 4.52. The number of hydrogen-bond acceptors (Lipinski definition) is 4. The number of aromatic nitrogens is 1. The third kappa shape index (κ3) is 3.88. The Hall–Kier alpha value is -2.23. The van der Waals surface area contributed by atoms with Crippen LogP contribution in [-0.2, 0) is 6.54 Å². The number of rotatable bonds is 3. The molecule has 108 valence electrons. The molecule has 0 saturated carbocycles. The van der Waals surface area contributed by atoms with Crippen molar-refractivity contribution < 1.29 is 9.18 Å². The lowest BCUT2D eigenvalue weighted by atomic mass is 10.1. The smallest absolute Gasteiger partial charge is 0.263 e. The highest BCUT2D eigenvalue weighted by Crippen LogP contribution is 2.13. The zero-order valence-corrected chi connectivity index (χ0v) is 12.3. The monoisotopic (exact) mass is 303 g/mol. The van der Waals surface area contributed by atoms with Crippen LogP contribution in [0.3, 0.4) is 0 Å². The lowest BCUT2D eigenvalue weighted by Gasteiger charge is -2.06. The number of hydrogen-bond donors (Lipinski definition) is 2. The normalized spacial score (nSPS) is 9.86. The number of thiazole rings is 1. The predicted molar refractivity (Wildman–Crippen MR) is 80.4 cm³/mol. The Kier molecular flexibility index (Phi) is 5.04. The molecule has 2 aromatic rings. The highest BCUT2D eigenvalue weighted by atomic mass is 32.1. The Labute approximate surface area is 126 Å². The van der Waals surface area contributed by atoms with E-state index in [1.165, 1.54) is 17.4 Å². The Morgan fingerprint density at radius 1 is 1.52 bits per heavy atom. The van der Waals surface area contributed by atoms with E-state index in [9.17, 15) is 9.18 Å². The van der Waals surface area contributed by atoms with Crippen LogP contribution in [0.5, 0.6) is 0 Å². The van der Waals surface area contributed by atoms with Crippen molar-refractivity contribution in [2.24, 2.45) is 5.73 Å². The summed E-state index contributed by atoms with van der Waals surface area (Å²) < 4.78 is 13.7. The van der Waals surface area contributed by atoms with E-state index in [0.29, 0.717) is 21.7 Å². The molecule has 2 rings (SSSR count). The summed E-state index contributed by atoms with van der Waals surface area (Å²) in [7, 11) is 0. The highest BCUT2D eigenvalue weighted by molar-refractivity contribution is 7.11. The van der Waals surface area contributed by atoms with E-state index in [-0.39, 0.29) is 24.8 Å². The molecule has 1 heterocycles. The van der Waals surface area contributed by atoms with Gasteiger partial charge in [-0.3, -0.25) is 4.79 Å². The number of nitrogens with zero attached hydrogens (tertiary/aromatic N) is 1. The second-order valence-corrected chi connectivity index (χ2v) is 5.12. The fraction of sp³-hybridized carbons (Fsp3) is 0.200. The minimum Gasteiger partial charge on any atom is -0.347 e. The molecule has 0 bridgehead atoms. The summed E-state index contributed by atoms with van der Waals surface area (Å²) in [5, 5.41) is 2.68. The Morgan fingerprint density at radius 3 is 3.00 bits per heavy atom. The van der Waals surface area contributed by atoms with Crippen LogP contribution >= 0.6 is 11.3 Å². The molecule has 0 fully saturated rings. The van der Waals surface area contributed by atoms with E-state index in [0.717, 1.165) is 0 Å². The maximum Gasteiger partial charge on any atom is 0.263 e. The van der Waals surface area contributed by atoms with Crippen LogP contribution in [0.2, 0.25) is 0 Å². The molecule has 1 aromatic heterocycles. The van der Waals surface area contributed by atoms with Crippen molar-refractivity contribution in [3.05, 3.63) is 51.2 Å². The number of carbonyl (C=O) groups is 1. The van der Waals surface area contributed by atoms with Crippen LogP contribution in [0.1, 0.15) is 26.5 Å². The van der Waals surface area contributed by atoms with Crippen molar-refractivity contribution >= 4 is 17.2 Å². The number of carbonyl (C=O) groups excluding carboxylic acids is 1. The standard InChI is InChI=1S/C15H14FN3OS/c1-10-14(21-9-19-10)15(20)18-8-12-7-11(3-2-6-17)4-5-13(12)16/h4-5,7,9H,6,8,17H2,1H3,(H,18,20). The zero-order valence-electron chi connectivity index (χ0n) is 11.4. The highest BCUT2D eigenvalue weighted by Gasteiger charge is 2.12. The summed E-state index contributed by atoms with van der Waals surface area (Å²) in [6.45, 7) is 2.10. The molecule has 0 unspecified atom stereocenters. The van der Waals surface area contributed by atoms with Gasteiger partial charge < -0.3 is 11.1 Å². The van der Waals surface area contributed by atoms with Crippen LogP contribution in [0.4, 0.5) is 4.39 Å². The number of nitrogens with two attached hydrogens (primary N) is 1. The molecule has 0 spiro atoms. The summed E-state index contributed by atoms with van der Waals surface area (Å²) >= 11 is 1.26. The van der Waals surface area contributed by atoms with Crippen molar-refractivity contribution in [1.82, 2.24) is 10.3 Å². The molecule has 4 nitrogen and oxygen atoms in total. The fourth-order valence-corrected chi connectivity index (χ4v) is 2.44. The number of halogens is 1. The van der Waals surface area contributed by atoms with Crippen LogP contribution in [0.25, 0.3) is 0 Å². The molecule has 0 radical (unpaired) electrons. The summed E-state index contributed by atoms with van der Waals surface area (Å²) in [5.74, 6) is 4.90. The number of benzene rings is 1. The van der Waals surface area contributed by atoms with E-state index in [2.05, 4.69) is 22.1 Å². The molecule has 0 aliphatic heterocycles. The largest absolute Gasteiger partial charge is 0.347 e. The van der Waals surface area contributed by atoms with Crippen molar-refractivity contribution in [1.29, 1.82) is 0 Å². The lowest BCUT2D eigenvalue weighted by Crippen LogP contribution is -2.23. The second-order valence-electron chi connectivity index (χ2n) is 4.26. The van der Waals surface area contributed by atoms with Gasteiger partial charge in [-0.05, 0) is 25.1 Å². The van der Waals surface area contributed by atoms with Gasteiger partial charge in [0.1, 0.15) is 10.7 Å². The Balaban J connectivity index is 2.09. The molecule has 6 heteroatoms. The quantitative estimate of drug-likeness (QED) is 0.850. The minimum atomic E-state index is -0.380. The van der Waals surface area contributed by atoms with Crippen molar-refractivity contribution in [2.75, 3.05) is 6.54 Å².